The van der Waals surface area contributed by atoms with E-state index in [1.165, 1.54) is 5.56 Å². The highest BCUT2D eigenvalue weighted by molar-refractivity contribution is 5.97. The van der Waals surface area contributed by atoms with Crippen LogP contribution in [0, 0.1) is 0 Å². The SMILES string of the molecule is COc1cccc(C(=O)N2CC(=O)N3CCc4ccccc4[C@H]3C2)c1. The minimum Gasteiger partial charge on any atom is -0.497 e. The highest BCUT2D eigenvalue weighted by atomic mass is 16.5. The largest absolute Gasteiger partial charge is 0.497 e. The molecule has 0 aromatic heterocycles. The lowest BCUT2D eigenvalue weighted by Crippen LogP contribution is -2.55. The maximum atomic E-state index is 12.9. The molecule has 0 unspecified atom stereocenters. The Hall–Kier alpha value is -2.82. The Labute approximate surface area is 146 Å². The number of ether oxygens (including phenoxy) is 1. The van der Waals surface area contributed by atoms with Crippen LogP contribution in [0.4, 0.5) is 0 Å². The molecule has 0 spiro atoms. The molecule has 0 aliphatic carbocycles. The van der Waals surface area contributed by atoms with E-state index in [0.717, 1.165) is 18.5 Å². The third-order valence-corrected chi connectivity index (χ3v) is 5.06. The third kappa shape index (κ3) is 2.76. The smallest absolute Gasteiger partial charge is 0.254 e. The van der Waals surface area contributed by atoms with Crippen LogP contribution in [0.3, 0.4) is 0 Å². The summed E-state index contributed by atoms with van der Waals surface area (Å²) < 4.78 is 5.20. The van der Waals surface area contributed by atoms with Crippen molar-refractivity contribution in [2.45, 2.75) is 12.5 Å². The van der Waals surface area contributed by atoms with E-state index >= 15 is 0 Å². The minimum atomic E-state index is -0.130. The molecule has 5 nitrogen and oxygen atoms in total. The zero-order valence-corrected chi connectivity index (χ0v) is 14.1. The van der Waals surface area contributed by atoms with Gasteiger partial charge in [-0.25, -0.2) is 0 Å². The normalized spacial score (nSPS) is 19.2. The van der Waals surface area contributed by atoms with Crippen LogP contribution in [-0.4, -0.2) is 48.4 Å². The zero-order chi connectivity index (χ0) is 17.4. The Bertz CT molecular complexity index is 833. The van der Waals surface area contributed by atoms with Gasteiger partial charge < -0.3 is 14.5 Å². The van der Waals surface area contributed by atoms with Gasteiger partial charge in [-0.1, -0.05) is 30.3 Å². The molecule has 128 valence electrons. The molecule has 25 heavy (non-hydrogen) atoms. The van der Waals surface area contributed by atoms with Gasteiger partial charge in [-0.15, -0.1) is 0 Å². The predicted molar refractivity (Wildman–Crippen MR) is 93.5 cm³/mol. The number of rotatable bonds is 2. The number of methoxy groups -OCH3 is 1. The molecule has 2 amide bonds. The predicted octanol–water partition coefficient (Wildman–Crippen LogP) is 2.28. The van der Waals surface area contributed by atoms with Crippen LogP contribution >= 0.6 is 0 Å². The van der Waals surface area contributed by atoms with Crippen molar-refractivity contribution < 1.29 is 14.3 Å². The topological polar surface area (TPSA) is 49.9 Å². The summed E-state index contributed by atoms with van der Waals surface area (Å²) in [5.74, 6) is 0.524. The molecule has 1 fully saturated rings. The van der Waals surface area contributed by atoms with E-state index in [0.29, 0.717) is 17.9 Å². The molecule has 2 aromatic carbocycles. The Morgan fingerprint density at radius 2 is 2.00 bits per heavy atom. The second kappa shape index (κ2) is 6.24. The lowest BCUT2D eigenvalue weighted by Gasteiger charge is -2.44. The van der Waals surface area contributed by atoms with Crippen LogP contribution in [0.2, 0.25) is 0 Å². The Balaban J connectivity index is 1.63. The molecule has 0 N–H and O–H groups in total. The van der Waals surface area contributed by atoms with Gasteiger partial charge in [-0.2, -0.15) is 0 Å². The highest BCUT2D eigenvalue weighted by Gasteiger charge is 2.38. The molecule has 2 aliphatic rings. The molecule has 2 aromatic rings. The van der Waals surface area contributed by atoms with Crippen molar-refractivity contribution in [3.63, 3.8) is 0 Å². The van der Waals surface area contributed by atoms with E-state index < -0.39 is 0 Å². The highest BCUT2D eigenvalue weighted by Crippen LogP contribution is 2.33. The number of hydrogen-bond donors (Lipinski definition) is 0. The summed E-state index contributed by atoms with van der Waals surface area (Å²) in [5, 5.41) is 0. The van der Waals surface area contributed by atoms with Gasteiger partial charge in [0.05, 0.1) is 13.2 Å². The average molecular weight is 336 g/mol. The summed E-state index contributed by atoms with van der Waals surface area (Å²) >= 11 is 0. The molecule has 1 saturated heterocycles. The van der Waals surface area contributed by atoms with Gasteiger partial charge >= 0.3 is 0 Å². The zero-order valence-electron chi connectivity index (χ0n) is 14.1. The lowest BCUT2D eigenvalue weighted by atomic mass is 9.90. The monoisotopic (exact) mass is 336 g/mol. The number of carbonyl (C=O) groups excluding carboxylic acids is 2. The van der Waals surface area contributed by atoms with E-state index in [9.17, 15) is 9.59 Å². The Kier molecular flexibility index (Phi) is 3.92. The maximum Gasteiger partial charge on any atom is 0.254 e. The maximum absolute atomic E-state index is 12.9. The van der Waals surface area contributed by atoms with E-state index in [4.69, 9.17) is 4.74 Å². The van der Waals surface area contributed by atoms with Crippen molar-refractivity contribution in [3.05, 3.63) is 65.2 Å². The van der Waals surface area contributed by atoms with Crippen molar-refractivity contribution in [1.82, 2.24) is 9.80 Å². The first-order valence-corrected chi connectivity index (χ1v) is 8.48. The molecule has 0 bridgehead atoms. The first kappa shape index (κ1) is 15.7. The first-order valence-electron chi connectivity index (χ1n) is 8.48. The van der Waals surface area contributed by atoms with Crippen LogP contribution in [0.1, 0.15) is 27.5 Å². The van der Waals surface area contributed by atoms with Crippen LogP contribution in [0.25, 0.3) is 0 Å². The van der Waals surface area contributed by atoms with Gasteiger partial charge in [-0.05, 0) is 35.7 Å². The van der Waals surface area contributed by atoms with Crippen molar-refractivity contribution in [1.29, 1.82) is 0 Å². The van der Waals surface area contributed by atoms with Crippen molar-refractivity contribution >= 4 is 11.8 Å². The number of amides is 2. The second-order valence-corrected chi connectivity index (χ2v) is 6.47. The van der Waals surface area contributed by atoms with Crippen molar-refractivity contribution in [2.75, 3.05) is 26.7 Å². The molecule has 5 heteroatoms. The van der Waals surface area contributed by atoms with Crippen molar-refractivity contribution in [3.8, 4) is 5.75 Å². The summed E-state index contributed by atoms with van der Waals surface area (Å²) in [6.07, 6.45) is 0.877. The van der Waals surface area contributed by atoms with Gasteiger partial charge in [0.15, 0.2) is 0 Å². The van der Waals surface area contributed by atoms with Crippen LogP contribution in [0.5, 0.6) is 5.75 Å². The minimum absolute atomic E-state index is 0.0157. The summed E-state index contributed by atoms with van der Waals surface area (Å²) in [5.41, 5.74) is 2.97. The number of nitrogens with zero attached hydrogens (tertiary/aromatic N) is 2. The van der Waals surface area contributed by atoms with Crippen LogP contribution in [-0.2, 0) is 11.2 Å². The summed E-state index contributed by atoms with van der Waals surface area (Å²) in [7, 11) is 1.57. The number of fused-ring (bicyclic) bond motifs is 3. The fourth-order valence-electron chi connectivity index (χ4n) is 3.77. The second-order valence-electron chi connectivity index (χ2n) is 6.47. The van der Waals surface area contributed by atoms with Gasteiger partial charge in [0.25, 0.3) is 5.91 Å². The van der Waals surface area contributed by atoms with Gasteiger partial charge in [0, 0.05) is 18.7 Å². The molecule has 2 aliphatic heterocycles. The fourth-order valence-corrected chi connectivity index (χ4v) is 3.77. The summed E-state index contributed by atoms with van der Waals surface area (Å²) in [6.45, 7) is 1.38. The third-order valence-electron chi connectivity index (χ3n) is 5.06. The van der Waals surface area contributed by atoms with E-state index in [2.05, 4.69) is 12.1 Å². The van der Waals surface area contributed by atoms with Crippen LogP contribution in [0.15, 0.2) is 48.5 Å². The summed E-state index contributed by atoms with van der Waals surface area (Å²) in [4.78, 5) is 29.1. The molecule has 0 saturated carbocycles. The van der Waals surface area contributed by atoms with Gasteiger partial charge in [-0.3, -0.25) is 9.59 Å². The van der Waals surface area contributed by atoms with E-state index in [1.807, 2.05) is 17.0 Å². The Morgan fingerprint density at radius 3 is 2.84 bits per heavy atom. The van der Waals surface area contributed by atoms with E-state index in [1.54, 1.807) is 36.3 Å². The fraction of sp³-hybridized carbons (Fsp3) is 0.300. The molecular formula is C20H20N2O3. The number of benzene rings is 2. The quantitative estimate of drug-likeness (QED) is 0.845. The standard InChI is InChI=1S/C20H20N2O3/c1-25-16-7-4-6-15(11-16)20(24)21-12-18-17-8-3-2-5-14(17)9-10-22(18)19(23)13-21/h2-8,11,18H,9-10,12-13H2,1H3/t18-/m1/s1. The van der Waals surface area contributed by atoms with Crippen molar-refractivity contribution in [2.24, 2.45) is 0 Å². The molecule has 4 rings (SSSR count). The Morgan fingerprint density at radius 1 is 1.16 bits per heavy atom. The number of piperazine rings is 1. The number of hydrogen-bond acceptors (Lipinski definition) is 3. The average Bonchev–Trinajstić information content (AvgIpc) is 2.67. The summed E-state index contributed by atoms with van der Waals surface area (Å²) in [6, 6.07) is 15.2. The first-order chi connectivity index (χ1) is 12.2. The number of carbonyl (C=O) groups is 2. The lowest BCUT2D eigenvalue weighted by molar-refractivity contribution is -0.139. The van der Waals surface area contributed by atoms with E-state index in [-0.39, 0.29) is 24.4 Å². The van der Waals surface area contributed by atoms with Gasteiger partial charge in [0.2, 0.25) is 5.91 Å². The van der Waals surface area contributed by atoms with Gasteiger partial charge in [0.1, 0.15) is 12.3 Å². The van der Waals surface area contributed by atoms with Crippen LogP contribution < -0.4 is 4.74 Å². The molecule has 1 atom stereocenters. The molecule has 0 radical (unpaired) electrons. The molecular weight excluding hydrogens is 316 g/mol. The molecule has 2 heterocycles.